The first-order valence-electron chi connectivity index (χ1n) is 18.9. The topological polar surface area (TPSA) is 236 Å². The maximum absolute atomic E-state index is 13.8. The quantitative estimate of drug-likeness (QED) is 0.0887. The van der Waals surface area contributed by atoms with Gasteiger partial charge in [0.25, 0.3) is 0 Å². The van der Waals surface area contributed by atoms with Crippen LogP contribution < -0.4 is 0 Å². The predicted octanol–water partition coefficient (Wildman–Crippen LogP) is 3.75. The lowest BCUT2D eigenvalue weighted by atomic mass is 9.43. The maximum atomic E-state index is 13.8. The lowest BCUT2D eigenvalue weighted by Crippen LogP contribution is -2.59. The minimum absolute atomic E-state index is 0.0257. The molecule has 5 rings (SSSR count). The third kappa shape index (κ3) is 8.78. The number of carbonyl (C=O) groups is 1. The number of ether oxygens (including phenoxy) is 2. The van der Waals surface area contributed by atoms with Crippen LogP contribution in [0, 0.1) is 52.3 Å². The van der Waals surface area contributed by atoms with Gasteiger partial charge >= 0.3 is 24.2 Å². The van der Waals surface area contributed by atoms with Gasteiger partial charge in [-0.15, -0.1) is 0 Å². The van der Waals surface area contributed by atoms with Crippen molar-refractivity contribution >= 4 is 24.2 Å². The summed E-state index contributed by atoms with van der Waals surface area (Å²) < 4.78 is 74.5. The molecule has 0 amide bonds. The average Bonchev–Trinajstić information content (AvgIpc) is 3.32. The number of hydrogen-bond donors (Lipinski definition) is 6. The Bertz CT molecular complexity index is 1410. The molecule has 4 saturated carbocycles. The van der Waals surface area contributed by atoms with Crippen LogP contribution in [0.5, 0.6) is 0 Å². The minimum Gasteiger partial charge on any atom is -0.462 e. The molecule has 7 unspecified atom stereocenters. The Morgan fingerprint density at radius 2 is 1.58 bits per heavy atom. The molecule has 17 atom stereocenters. The van der Waals surface area contributed by atoms with E-state index in [-0.39, 0.29) is 53.5 Å². The van der Waals surface area contributed by atoms with E-state index in [2.05, 4.69) is 34.6 Å². The summed E-state index contributed by atoms with van der Waals surface area (Å²) in [5.74, 6) is 0.313. The molecule has 17 heteroatoms. The summed E-state index contributed by atoms with van der Waals surface area (Å²) in [5.41, 5.74) is -0.706. The Hall–Kier alpha value is -0.750. The minimum atomic E-state index is -5.11. The number of phosphoric ester groups is 1. The fourth-order valence-electron chi connectivity index (χ4n) is 11.5. The van der Waals surface area contributed by atoms with Gasteiger partial charge in [-0.3, -0.25) is 18.4 Å². The summed E-state index contributed by atoms with van der Waals surface area (Å²) in [4.78, 5) is 23.6. The normalized spacial score (nSPS) is 45.4. The van der Waals surface area contributed by atoms with Crippen molar-refractivity contribution in [2.24, 2.45) is 52.3 Å². The molecular weight excluding hydrogens is 723 g/mol. The standard InChI is InChI=1S/C35H61O15PS/c1-18(2)8-7-9-19(3)29-27(46-20(4)37)16-24-22-15-26(48-51(41,42)49-33-32(40)31(39)30(38)28(17-36)47-33)25-14-21(50-52(43,44)45)10-12-34(25,5)23(22)11-13-35(24,29)6/h18-19,21-33,36,38-40H,7-17H2,1-6H3,(H,41,42)(H,43,44,45)/t19-,21+,22-,23+,24+,25?,26+,27-,28?,29+,30?,31?,32?,33?,34-,35+/m1/s1. The second kappa shape index (κ2) is 16.0. The first-order chi connectivity index (χ1) is 24.1. The summed E-state index contributed by atoms with van der Waals surface area (Å²) in [5, 5.41) is 40.5. The number of phosphoric acid groups is 1. The van der Waals surface area contributed by atoms with Crippen molar-refractivity contribution in [1.29, 1.82) is 0 Å². The Morgan fingerprint density at radius 3 is 2.19 bits per heavy atom. The van der Waals surface area contributed by atoms with E-state index in [0.717, 1.165) is 32.1 Å². The highest BCUT2D eigenvalue weighted by Gasteiger charge is 2.66. The molecule has 4 aliphatic carbocycles. The fourth-order valence-corrected chi connectivity index (χ4v) is 13.1. The Balaban J connectivity index is 1.46. The molecule has 5 aliphatic rings. The van der Waals surface area contributed by atoms with Gasteiger partial charge in [-0.05, 0) is 91.3 Å². The third-order valence-electron chi connectivity index (χ3n) is 13.7. The highest BCUT2D eigenvalue weighted by atomic mass is 32.3. The van der Waals surface area contributed by atoms with Gasteiger partial charge < -0.3 is 34.8 Å². The summed E-state index contributed by atoms with van der Waals surface area (Å²) in [7, 11) is -9.90. The molecule has 0 aromatic rings. The van der Waals surface area contributed by atoms with Crippen molar-refractivity contribution < 1.29 is 70.4 Å². The highest BCUT2D eigenvalue weighted by Crippen LogP contribution is 2.70. The third-order valence-corrected chi connectivity index (χ3v) is 15.2. The van der Waals surface area contributed by atoms with E-state index in [9.17, 15) is 47.6 Å². The molecule has 0 spiro atoms. The molecule has 1 aliphatic heterocycles. The monoisotopic (exact) mass is 784 g/mol. The number of aliphatic hydroxyl groups excluding tert-OH is 4. The maximum Gasteiger partial charge on any atom is 0.474 e. The largest absolute Gasteiger partial charge is 0.474 e. The zero-order valence-corrected chi connectivity index (χ0v) is 32.9. The van der Waals surface area contributed by atoms with Gasteiger partial charge in [-0.25, -0.2) is 8.75 Å². The van der Waals surface area contributed by atoms with E-state index in [0.29, 0.717) is 31.6 Å². The van der Waals surface area contributed by atoms with Crippen LogP contribution in [-0.2, 0) is 42.5 Å². The zero-order chi connectivity index (χ0) is 38.6. The number of hydrogen-bond acceptors (Lipinski definition) is 13. The molecule has 1 heterocycles. The van der Waals surface area contributed by atoms with Crippen LogP contribution in [0.4, 0.5) is 0 Å². The number of esters is 1. The van der Waals surface area contributed by atoms with Crippen LogP contribution in [0.3, 0.4) is 0 Å². The van der Waals surface area contributed by atoms with Gasteiger partial charge in [-0.1, -0.05) is 53.9 Å². The Labute approximate surface area is 307 Å². The van der Waals surface area contributed by atoms with Gasteiger partial charge in [0, 0.05) is 12.8 Å². The number of fused-ring (bicyclic) bond motifs is 5. The Morgan fingerprint density at radius 1 is 0.904 bits per heavy atom. The molecule has 0 aromatic carbocycles. The SMILES string of the molecule is CC(=O)O[C@@H]1C[C@H]2[C@@H]3C[C@H](OP(=O)(O)OC4OC(CO)C(O)C(O)C4O)C4C[C@@H](OS(=O)(=O)O)CC[C@]4(C)[C@H]3CC[C@]2(C)[C@H]1[C@H](C)CCCC(C)C. The van der Waals surface area contributed by atoms with Crippen molar-refractivity contribution in [1.82, 2.24) is 0 Å². The summed E-state index contributed by atoms with van der Waals surface area (Å²) in [6.07, 6.45) is -4.19. The lowest BCUT2D eigenvalue weighted by molar-refractivity contribution is -0.282. The van der Waals surface area contributed by atoms with Gasteiger partial charge in [-0.2, -0.15) is 8.42 Å². The molecule has 52 heavy (non-hydrogen) atoms. The zero-order valence-electron chi connectivity index (χ0n) is 31.2. The van der Waals surface area contributed by atoms with E-state index in [1.807, 2.05) is 0 Å². The van der Waals surface area contributed by atoms with Crippen molar-refractivity contribution in [2.75, 3.05) is 6.61 Å². The molecule has 302 valence electrons. The van der Waals surface area contributed by atoms with E-state index in [1.54, 1.807) is 0 Å². The Kier molecular flexibility index (Phi) is 13.1. The van der Waals surface area contributed by atoms with Gasteiger partial charge in [0.05, 0.1) is 18.8 Å². The second-order valence-electron chi connectivity index (χ2n) is 17.3. The number of aliphatic hydroxyl groups is 4. The van der Waals surface area contributed by atoms with E-state index >= 15 is 0 Å². The summed E-state index contributed by atoms with van der Waals surface area (Å²) >= 11 is 0. The van der Waals surface area contributed by atoms with Crippen LogP contribution in [0.1, 0.15) is 106 Å². The van der Waals surface area contributed by atoms with Crippen LogP contribution in [0.15, 0.2) is 0 Å². The van der Waals surface area contributed by atoms with Gasteiger partial charge in [0.15, 0.2) is 6.29 Å². The van der Waals surface area contributed by atoms with Gasteiger partial charge in [0.1, 0.15) is 30.5 Å². The van der Waals surface area contributed by atoms with Crippen LogP contribution in [0.25, 0.3) is 0 Å². The molecule has 1 saturated heterocycles. The molecular formula is C35H61O15PS. The smallest absolute Gasteiger partial charge is 0.462 e. The van der Waals surface area contributed by atoms with E-state index in [4.69, 9.17) is 22.7 Å². The van der Waals surface area contributed by atoms with Crippen LogP contribution in [-0.4, -0.2) is 99.9 Å². The van der Waals surface area contributed by atoms with Crippen molar-refractivity contribution in [2.45, 2.75) is 155 Å². The molecule has 15 nitrogen and oxygen atoms in total. The molecule has 0 aromatic heterocycles. The van der Waals surface area contributed by atoms with Crippen molar-refractivity contribution in [3.8, 4) is 0 Å². The van der Waals surface area contributed by atoms with E-state index in [1.165, 1.54) is 6.92 Å². The molecule has 5 fully saturated rings. The van der Waals surface area contributed by atoms with Gasteiger partial charge in [0.2, 0.25) is 0 Å². The van der Waals surface area contributed by atoms with Crippen molar-refractivity contribution in [3.05, 3.63) is 0 Å². The first kappa shape index (κ1) is 42.4. The van der Waals surface area contributed by atoms with Crippen molar-refractivity contribution in [3.63, 3.8) is 0 Å². The predicted molar refractivity (Wildman–Crippen MR) is 185 cm³/mol. The lowest BCUT2D eigenvalue weighted by Gasteiger charge is -2.62. The fraction of sp³-hybridized carbons (Fsp3) is 0.971. The molecule has 0 radical (unpaired) electrons. The van der Waals surface area contributed by atoms with Crippen LogP contribution in [0.2, 0.25) is 0 Å². The average molecular weight is 785 g/mol. The highest BCUT2D eigenvalue weighted by molar-refractivity contribution is 7.80. The second-order valence-corrected chi connectivity index (χ2v) is 19.7. The number of carbonyl (C=O) groups excluding carboxylic acids is 1. The molecule has 6 N–H and O–H groups in total. The number of rotatable bonds is 13. The molecule has 0 bridgehead atoms. The summed E-state index contributed by atoms with van der Waals surface area (Å²) in [6.45, 7) is 11.7. The van der Waals surface area contributed by atoms with Crippen LogP contribution >= 0.6 is 7.82 Å². The van der Waals surface area contributed by atoms with E-state index < -0.39 is 79.1 Å². The summed E-state index contributed by atoms with van der Waals surface area (Å²) in [6, 6.07) is 0. The first-order valence-corrected chi connectivity index (χ1v) is 21.8.